The van der Waals surface area contributed by atoms with Crippen LogP contribution in [-0.4, -0.2) is 61.0 Å². The Labute approximate surface area is 159 Å². The number of aromatic nitrogens is 1. The van der Waals surface area contributed by atoms with Crippen LogP contribution in [0.5, 0.6) is 0 Å². The minimum Gasteiger partial charge on any atom is -0.480 e. The predicted octanol–water partition coefficient (Wildman–Crippen LogP) is 2.60. The standard InChI is InChI=1S/C18H20BrClN2O3/c19-14-11-7-18(20,17(24)25)16(15(14)23)22(9-11)6-5-10-8-21-13-4-2-1-3-12(10)13/h1-4,8,11,14-16,21,23H,5-7,9H2,(H,24,25). The van der Waals surface area contributed by atoms with Crippen LogP contribution in [0.4, 0.5) is 0 Å². The van der Waals surface area contributed by atoms with Crippen LogP contribution in [0.25, 0.3) is 10.9 Å². The molecule has 5 unspecified atom stereocenters. The van der Waals surface area contributed by atoms with Crippen molar-refractivity contribution in [1.82, 2.24) is 9.88 Å². The molecule has 3 fully saturated rings. The number of benzene rings is 1. The summed E-state index contributed by atoms with van der Waals surface area (Å²) in [5, 5.41) is 21.4. The lowest BCUT2D eigenvalue weighted by atomic mass is 9.70. The first-order valence-corrected chi connectivity index (χ1v) is 9.74. The van der Waals surface area contributed by atoms with E-state index in [2.05, 4.69) is 31.9 Å². The lowest BCUT2D eigenvalue weighted by Crippen LogP contribution is -2.72. The molecule has 1 aliphatic carbocycles. The molecule has 2 bridgehead atoms. The summed E-state index contributed by atoms with van der Waals surface area (Å²) in [6.07, 6.45) is 2.37. The summed E-state index contributed by atoms with van der Waals surface area (Å²) in [7, 11) is 0. The lowest BCUT2D eigenvalue weighted by molar-refractivity contribution is -0.153. The third-order valence-corrected chi connectivity index (χ3v) is 7.52. The highest BCUT2D eigenvalue weighted by Crippen LogP contribution is 2.48. The molecule has 5 atom stereocenters. The largest absolute Gasteiger partial charge is 0.480 e. The molecule has 1 aromatic heterocycles. The number of fused-ring (bicyclic) bond motifs is 4. The molecule has 3 aliphatic rings. The van der Waals surface area contributed by atoms with E-state index in [4.69, 9.17) is 11.6 Å². The number of carbonyl (C=O) groups is 1. The normalized spacial score (nSPS) is 35.3. The van der Waals surface area contributed by atoms with Crippen molar-refractivity contribution in [2.24, 2.45) is 5.92 Å². The maximum absolute atomic E-state index is 11.8. The van der Waals surface area contributed by atoms with E-state index in [-0.39, 0.29) is 10.7 Å². The zero-order valence-electron chi connectivity index (χ0n) is 13.5. The van der Waals surface area contributed by atoms with Crippen molar-refractivity contribution in [2.75, 3.05) is 13.1 Å². The number of H-pyrrole nitrogens is 1. The van der Waals surface area contributed by atoms with Gasteiger partial charge in [-0.2, -0.15) is 0 Å². The first-order valence-electron chi connectivity index (χ1n) is 8.45. The highest BCUT2D eigenvalue weighted by molar-refractivity contribution is 9.09. The Morgan fingerprint density at radius 2 is 2.20 bits per heavy atom. The molecule has 3 heterocycles. The summed E-state index contributed by atoms with van der Waals surface area (Å²) < 4.78 is 0. The number of nitrogens with one attached hydrogen (secondary N) is 1. The molecule has 0 spiro atoms. The highest BCUT2D eigenvalue weighted by atomic mass is 79.9. The van der Waals surface area contributed by atoms with Crippen molar-refractivity contribution in [3.05, 3.63) is 36.0 Å². The Balaban J connectivity index is 1.57. The van der Waals surface area contributed by atoms with Gasteiger partial charge in [0.2, 0.25) is 0 Å². The first-order chi connectivity index (χ1) is 11.9. The van der Waals surface area contributed by atoms with Gasteiger partial charge in [0.1, 0.15) is 0 Å². The fourth-order valence-electron chi connectivity index (χ4n) is 4.47. The van der Waals surface area contributed by atoms with Gasteiger partial charge >= 0.3 is 5.97 Å². The van der Waals surface area contributed by atoms with Crippen LogP contribution < -0.4 is 0 Å². The van der Waals surface area contributed by atoms with E-state index in [9.17, 15) is 15.0 Å². The summed E-state index contributed by atoms with van der Waals surface area (Å²) in [6, 6.07) is 7.53. The Kier molecular flexibility index (Phi) is 4.35. The van der Waals surface area contributed by atoms with Crippen molar-refractivity contribution in [1.29, 1.82) is 0 Å². The minimum atomic E-state index is -1.42. The van der Waals surface area contributed by atoms with E-state index in [1.54, 1.807) is 0 Å². The van der Waals surface area contributed by atoms with Crippen molar-refractivity contribution < 1.29 is 15.0 Å². The van der Waals surface area contributed by atoms with Crippen LogP contribution in [0.15, 0.2) is 30.5 Å². The summed E-state index contributed by atoms with van der Waals surface area (Å²) in [5.41, 5.74) is 2.29. The van der Waals surface area contributed by atoms with E-state index in [0.29, 0.717) is 13.0 Å². The maximum atomic E-state index is 11.8. The number of rotatable bonds is 4. The second kappa shape index (κ2) is 6.27. The number of nitrogens with zero attached hydrogens (tertiary/aromatic N) is 1. The number of aliphatic carboxylic acids is 1. The van der Waals surface area contributed by atoms with Gasteiger partial charge in [-0.25, -0.2) is 0 Å². The number of hydrogen-bond acceptors (Lipinski definition) is 3. The lowest BCUT2D eigenvalue weighted by Gasteiger charge is -2.56. The Bertz CT molecular complexity index is 810. The molecule has 5 nitrogen and oxygen atoms in total. The van der Waals surface area contributed by atoms with Crippen LogP contribution in [0.3, 0.4) is 0 Å². The van der Waals surface area contributed by atoms with Gasteiger partial charge in [-0.15, -0.1) is 11.6 Å². The monoisotopic (exact) mass is 426 g/mol. The summed E-state index contributed by atoms with van der Waals surface area (Å²) >= 11 is 10.0. The molecule has 0 radical (unpaired) electrons. The molecular weight excluding hydrogens is 408 g/mol. The maximum Gasteiger partial charge on any atom is 0.326 e. The van der Waals surface area contributed by atoms with Crippen molar-refractivity contribution in [3.63, 3.8) is 0 Å². The third kappa shape index (κ3) is 2.70. The van der Waals surface area contributed by atoms with Crippen LogP contribution in [0.1, 0.15) is 12.0 Å². The molecule has 5 rings (SSSR count). The molecule has 2 aromatic rings. The van der Waals surface area contributed by atoms with E-state index in [1.807, 2.05) is 24.4 Å². The highest BCUT2D eigenvalue weighted by Gasteiger charge is 2.61. The number of aliphatic hydroxyl groups is 1. The Morgan fingerprint density at radius 3 is 2.92 bits per heavy atom. The van der Waals surface area contributed by atoms with E-state index in [1.165, 1.54) is 10.9 Å². The molecule has 134 valence electrons. The van der Waals surface area contributed by atoms with Gasteiger partial charge in [0.25, 0.3) is 0 Å². The van der Waals surface area contributed by atoms with Gasteiger partial charge in [0.05, 0.1) is 12.1 Å². The van der Waals surface area contributed by atoms with Gasteiger partial charge in [0, 0.05) is 35.0 Å². The van der Waals surface area contributed by atoms with Gasteiger partial charge < -0.3 is 15.2 Å². The average molecular weight is 428 g/mol. The zero-order chi connectivity index (χ0) is 17.8. The van der Waals surface area contributed by atoms with Crippen LogP contribution in [0, 0.1) is 5.92 Å². The number of aromatic amines is 1. The molecule has 1 aromatic carbocycles. The molecule has 2 aliphatic heterocycles. The van der Waals surface area contributed by atoms with Crippen LogP contribution >= 0.6 is 27.5 Å². The zero-order valence-corrected chi connectivity index (χ0v) is 15.9. The molecule has 25 heavy (non-hydrogen) atoms. The summed E-state index contributed by atoms with van der Waals surface area (Å²) in [4.78, 5) is 15.6. The fraction of sp³-hybridized carbons (Fsp3) is 0.500. The number of piperidine rings is 2. The number of carboxylic acid groups (broad SMARTS) is 1. The number of alkyl halides is 2. The van der Waals surface area contributed by atoms with Crippen molar-refractivity contribution >= 4 is 44.4 Å². The molecule has 2 saturated heterocycles. The summed E-state index contributed by atoms with van der Waals surface area (Å²) in [5.74, 6) is -1.02. The van der Waals surface area contributed by atoms with Crippen LogP contribution in [0.2, 0.25) is 0 Å². The molecule has 3 N–H and O–H groups in total. The topological polar surface area (TPSA) is 76.6 Å². The SMILES string of the molecule is O=C(O)C1(Cl)CC2CN(CCc3c[nH]c4ccccc34)C1C(O)C2Br. The number of para-hydroxylation sites is 1. The predicted molar refractivity (Wildman–Crippen MR) is 100 cm³/mol. The van der Waals surface area contributed by atoms with E-state index in [0.717, 1.165) is 18.5 Å². The molecular formula is C18H20BrClN2O3. The first kappa shape index (κ1) is 17.3. The van der Waals surface area contributed by atoms with E-state index < -0.39 is 23.0 Å². The van der Waals surface area contributed by atoms with Gasteiger partial charge in [0.15, 0.2) is 4.87 Å². The third-order valence-electron chi connectivity index (χ3n) is 5.69. The van der Waals surface area contributed by atoms with Gasteiger partial charge in [-0.05, 0) is 30.4 Å². The van der Waals surface area contributed by atoms with E-state index >= 15 is 0 Å². The molecule has 0 amide bonds. The molecule has 7 heteroatoms. The smallest absolute Gasteiger partial charge is 0.326 e. The number of hydrogen-bond donors (Lipinski definition) is 3. The molecule has 1 saturated carbocycles. The fourth-order valence-corrected chi connectivity index (χ4v) is 5.58. The van der Waals surface area contributed by atoms with Crippen LogP contribution in [-0.2, 0) is 11.2 Å². The van der Waals surface area contributed by atoms with Gasteiger partial charge in [-0.1, -0.05) is 34.1 Å². The quantitative estimate of drug-likeness (QED) is 0.656. The summed E-state index contributed by atoms with van der Waals surface area (Å²) in [6.45, 7) is 1.42. The van der Waals surface area contributed by atoms with Crippen molar-refractivity contribution in [2.45, 2.75) is 34.7 Å². The minimum absolute atomic E-state index is 0.0246. The number of halogens is 2. The number of carboxylic acids is 1. The van der Waals surface area contributed by atoms with Crippen molar-refractivity contribution in [3.8, 4) is 0 Å². The second-order valence-corrected chi connectivity index (χ2v) is 8.85. The second-order valence-electron chi connectivity index (χ2n) is 7.12. The van der Waals surface area contributed by atoms with Gasteiger partial charge in [-0.3, -0.25) is 9.69 Å². The number of aliphatic hydroxyl groups excluding tert-OH is 1. The average Bonchev–Trinajstić information content (AvgIpc) is 3.00. The Morgan fingerprint density at radius 1 is 1.44 bits per heavy atom. The Hall–Kier alpha value is -1.08.